The maximum absolute atomic E-state index is 13.1. The van der Waals surface area contributed by atoms with Crippen molar-refractivity contribution < 1.29 is 17.9 Å². The van der Waals surface area contributed by atoms with Crippen LogP contribution >= 0.6 is 11.6 Å². The standard InChI is InChI=1S/C24H25ClN4O4S/c1-16-13-15-29(24(16,2)3)22-19(6-5-14-26-22)23(30)28-34(31,32)21-8-4-7-20(27-21)33-18-11-9-17(25)10-12-18/h4-12,14,16H,13,15H2,1-3H3,(H,28,30). The molecular weight excluding hydrogens is 476 g/mol. The highest BCUT2D eigenvalue weighted by Gasteiger charge is 2.40. The van der Waals surface area contributed by atoms with Gasteiger partial charge < -0.3 is 9.64 Å². The lowest BCUT2D eigenvalue weighted by Gasteiger charge is -2.36. The van der Waals surface area contributed by atoms with Crippen molar-refractivity contribution in [2.24, 2.45) is 5.92 Å². The number of hydrogen-bond donors (Lipinski definition) is 1. The summed E-state index contributed by atoms with van der Waals surface area (Å²) >= 11 is 5.88. The molecule has 8 nitrogen and oxygen atoms in total. The van der Waals surface area contributed by atoms with Gasteiger partial charge in [0.25, 0.3) is 15.9 Å². The maximum atomic E-state index is 13.1. The van der Waals surface area contributed by atoms with E-state index in [-0.39, 0.29) is 22.0 Å². The van der Waals surface area contributed by atoms with E-state index in [9.17, 15) is 13.2 Å². The molecule has 3 heterocycles. The fraction of sp³-hybridized carbons (Fsp3) is 0.292. The number of aromatic nitrogens is 2. The Hall–Kier alpha value is -3.17. The number of amides is 1. The summed E-state index contributed by atoms with van der Waals surface area (Å²) in [6.07, 6.45) is 2.55. The minimum Gasteiger partial charge on any atom is -0.439 e. The number of carbonyl (C=O) groups excluding carboxylic acids is 1. The van der Waals surface area contributed by atoms with Crippen LogP contribution in [0.15, 0.2) is 65.8 Å². The van der Waals surface area contributed by atoms with Gasteiger partial charge >= 0.3 is 0 Å². The highest BCUT2D eigenvalue weighted by molar-refractivity contribution is 7.90. The molecule has 10 heteroatoms. The van der Waals surface area contributed by atoms with E-state index in [1.165, 1.54) is 18.2 Å². The highest BCUT2D eigenvalue weighted by atomic mass is 35.5. The first-order valence-electron chi connectivity index (χ1n) is 10.8. The number of nitrogens with one attached hydrogen (secondary N) is 1. The van der Waals surface area contributed by atoms with Crippen LogP contribution in [0.2, 0.25) is 5.02 Å². The molecule has 1 fully saturated rings. The molecule has 1 aliphatic rings. The lowest BCUT2D eigenvalue weighted by Crippen LogP contribution is -2.43. The Morgan fingerprint density at radius 3 is 2.56 bits per heavy atom. The number of benzene rings is 1. The van der Waals surface area contributed by atoms with Crippen molar-refractivity contribution in [3.8, 4) is 11.6 Å². The van der Waals surface area contributed by atoms with Gasteiger partial charge in [-0.25, -0.2) is 9.71 Å². The quantitative estimate of drug-likeness (QED) is 0.525. The highest BCUT2D eigenvalue weighted by Crippen LogP contribution is 2.38. The molecule has 1 N–H and O–H groups in total. The zero-order chi connectivity index (χ0) is 24.5. The maximum Gasteiger partial charge on any atom is 0.281 e. The molecule has 0 bridgehead atoms. The first-order chi connectivity index (χ1) is 16.1. The number of hydrogen-bond acceptors (Lipinski definition) is 7. The molecule has 34 heavy (non-hydrogen) atoms. The summed E-state index contributed by atoms with van der Waals surface area (Å²) in [5, 5.41) is 0.203. The molecule has 178 valence electrons. The lowest BCUT2D eigenvalue weighted by molar-refractivity contribution is 0.0981. The molecule has 1 aromatic carbocycles. The molecule has 0 radical (unpaired) electrons. The second-order valence-corrected chi connectivity index (χ2v) is 10.7. The molecule has 0 spiro atoms. The van der Waals surface area contributed by atoms with Crippen LogP contribution in [-0.4, -0.2) is 36.4 Å². The minimum atomic E-state index is -4.27. The van der Waals surface area contributed by atoms with Gasteiger partial charge in [-0.2, -0.15) is 13.4 Å². The number of carbonyl (C=O) groups is 1. The molecular formula is C24H25ClN4O4S. The number of anilines is 1. The average Bonchev–Trinajstić information content (AvgIpc) is 3.07. The zero-order valence-electron chi connectivity index (χ0n) is 19.0. The smallest absolute Gasteiger partial charge is 0.281 e. The molecule has 1 aliphatic heterocycles. The molecule has 1 atom stereocenters. The SMILES string of the molecule is CC1CCN(c2ncccc2C(=O)NS(=O)(=O)c2cccc(Oc3ccc(Cl)cc3)n2)C1(C)C. The van der Waals surface area contributed by atoms with Crippen LogP contribution in [0.25, 0.3) is 0 Å². The van der Waals surface area contributed by atoms with Crippen LogP contribution in [0.5, 0.6) is 11.6 Å². The second-order valence-electron chi connectivity index (χ2n) is 8.67. The van der Waals surface area contributed by atoms with Crippen LogP contribution in [0.3, 0.4) is 0 Å². The number of nitrogens with zero attached hydrogens (tertiary/aromatic N) is 3. The number of rotatable bonds is 6. The minimum absolute atomic E-state index is 0.0625. The molecule has 1 saturated heterocycles. The van der Waals surface area contributed by atoms with Crippen LogP contribution < -0.4 is 14.4 Å². The largest absolute Gasteiger partial charge is 0.439 e. The van der Waals surface area contributed by atoms with Gasteiger partial charge in [0.2, 0.25) is 5.88 Å². The second kappa shape index (κ2) is 9.23. The summed E-state index contributed by atoms with van der Waals surface area (Å²) < 4.78 is 33.7. The number of sulfonamides is 1. The van der Waals surface area contributed by atoms with Crippen LogP contribution in [0.4, 0.5) is 5.82 Å². The van der Waals surface area contributed by atoms with Gasteiger partial charge in [-0.3, -0.25) is 4.79 Å². The van der Waals surface area contributed by atoms with Gasteiger partial charge in [0.05, 0.1) is 5.56 Å². The van der Waals surface area contributed by atoms with E-state index in [4.69, 9.17) is 16.3 Å². The van der Waals surface area contributed by atoms with E-state index >= 15 is 0 Å². The Balaban J connectivity index is 1.57. The van der Waals surface area contributed by atoms with Gasteiger partial charge in [-0.1, -0.05) is 24.6 Å². The predicted octanol–water partition coefficient (Wildman–Crippen LogP) is 4.67. The molecule has 4 rings (SSSR count). The molecule has 1 amide bonds. The first kappa shape index (κ1) is 24.0. The Bertz CT molecular complexity index is 1310. The van der Waals surface area contributed by atoms with E-state index < -0.39 is 15.9 Å². The summed E-state index contributed by atoms with van der Waals surface area (Å²) in [6.45, 7) is 7.06. The van der Waals surface area contributed by atoms with E-state index in [1.54, 1.807) is 42.6 Å². The van der Waals surface area contributed by atoms with Crippen molar-refractivity contribution in [2.45, 2.75) is 37.8 Å². The van der Waals surface area contributed by atoms with Crippen LogP contribution in [0, 0.1) is 5.92 Å². The molecule has 0 saturated carbocycles. The van der Waals surface area contributed by atoms with E-state index in [0.29, 0.717) is 22.5 Å². The fourth-order valence-corrected chi connectivity index (χ4v) is 4.91. The normalized spacial score (nSPS) is 17.4. The van der Waals surface area contributed by atoms with Gasteiger partial charge in [0.15, 0.2) is 5.03 Å². The Kier molecular flexibility index (Phi) is 6.51. The first-order valence-corrected chi connectivity index (χ1v) is 12.6. The van der Waals surface area contributed by atoms with Crippen LogP contribution in [0.1, 0.15) is 37.6 Å². The van der Waals surface area contributed by atoms with E-state index in [2.05, 4.69) is 40.4 Å². The summed E-state index contributed by atoms with van der Waals surface area (Å²) in [7, 11) is -4.27. The number of ether oxygens (including phenoxy) is 1. The third-order valence-corrected chi connectivity index (χ3v) is 7.69. The zero-order valence-corrected chi connectivity index (χ0v) is 20.6. The summed E-state index contributed by atoms with van der Waals surface area (Å²) in [5.41, 5.74) is -0.0428. The van der Waals surface area contributed by atoms with Gasteiger partial charge in [0, 0.05) is 29.4 Å². The Labute approximate surface area is 204 Å². The van der Waals surface area contributed by atoms with Crippen LogP contribution in [-0.2, 0) is 10.0 Å². The molecule has 1 unspecified atom stereocenters. The van der Waals surface area contributed by atoms with E-state index in [1.807, 2.05) is 0 Å². The molecule has 2 aromatic heterocycles. The lowest BCUT2D eigenvalue weighted by atomic mass is 9.90. The van der Waals surface area contributed by atoms with Gasteiger partial charge in [-0.05, 0) is 68.7 Å². The third-order valence-electron chi connectivity index (χ3n) is 6.21. The summed E-state index contributed by atoms with van der Waals surface area (Å²) in [5.74, 6) is 0.578. The molecule has 3 aromatic rings. The van der Waals surface area contributed by atoms with Crippen molar-refractivity contribution in [1.82, 2.24) is 14.7 Å². The van der Waals surface area contributed by atoms with Gasteiger partial charge in [0.1, 0.15) is 11.6 Å². The average molecular weight is 501 g/mol. The van der Waals surface area contributed by atoms with E-state index in [0.717, 1.165) is 13.0 Å². The summed E-state index contributed by atoms with van der Waals surface area (Å²) in [6, 6.07) is 14.0. The molecule has 0 aliphatic carbocycles. The van der Waals surface area contributed by atoms with Crippen molar-refractivity contribution >= 4 is 33.3 Å². The van der Waals surface area contributed by atoms with Crippen molar-refractivity contribution in [3.05, 3.63) is 71.4 Å². The predicted molar refractivity (Wildman–Crippen MR) is 130 cm³/mol. The fourth-order valence-electron chi connectivity index (χ4n) is 3.85. The Morgan fingerprint density at radius 2 is 1.88 bits per heavy atom. The van der Waals surface area contributed by atoms with Gasteiger partial charge in [-0.15, -0.1) is 0 Å². The summed E-state index contributed by atoms with van der Waals surface area (Å²) in [4.78, 5) is 23.6. The number of halogens is 1. The topological polar surface area (TPSA) is 101 Å². The Morgan fingerprint density at radius 1 is 1.15 bits per heavy atom. The third kappa shape index (κ3) is 4.85. The number of pyridine rings is 2. The van der Waals surface area contributed by atoms with Crippen molar-refractivity contribution in [1.29, 1.82) is 0 Å². The van der Waals surface area contributed by atoms with Crippen molar-refractivity contribution in [3.63, 3.8) is 0 Å². The monoisotopic (exact) mass is 500 g/mol. The van der Waals surface area contributed by atoms with Crippen molar-refractivity contribution in [2.75, 3.05) is 11.4 Å².